The third-order valence-electron chi connectivity index (χ3n) is 4.34. The number of fused-ring (bicyclic) bond motifs is 1. The van der Waals surface area contributed by atoms with Gasteiger partial charge in [0, 0.05) is 23.6 Å². The second-order valence-electron chi connectivity index (χ2n) is 6.35. The number of para-hydroxylation sites is 1. The number of benzene rings is 2. The van der Waals surface area contributed by atoms with Crippen LogP contribution >= 0.6 is 0 Å². The molecule has 0 unspecified atom stereocenters. The van der Waals surface area contributed by atoms with Crippen molar-refractivity contribution < 1.29 is 14.3 Å². The van der Waals surface area contributed by atoms with Crippen LogP contribution in [-0.4, -0.2) is 32.1 Å². The number of amides is 1. The Morgan fingerprint density at radius 1 is 1.26 bits per heavy atom. The molecule has 2 aromatic carbocycles. The van der Waals surface area contributed by atoms with Crippen LogP contribution in [0.5, 0.6) is 5.75 Å². The van der Waals surface area contributed by atoms with E-state index in [1.54, 1.807) is 31.3 Å². The van der Waals surface area contributed by atoms with Gasteiger partial charge < -0.3 is 10.1 Å². The van der Waals surface area contributed by atoms with Crippen LogP contribution < -0.4 is 10.1 Å². The molecule has 0 spiro atoms. The zero-order valence-electron chi connectivity index (χ0n) is 14.6. The van der Waals surface area contributed by atoms with Crippen LogP contribution in [0.3, 0.4) is 0 Å². The fourth-order valence-corrected chi connectivity index (χ4v) is 3.14. The van der Waals surface area contributed by atoms with Crippen LogP contribution in [0.2, 0.25) is 0 Å². The summed E-state index contributed by atoms with van der Waals surface area (Å²) in [5, 5.41) is 14.8. The molecule has 0 fully saturated rings. The topological polar surface area (TPSA) is 99.0 Å². The van der Waals surface area contributed by atoms with Gasteiger partial charge in [0.25, 0.3) is 0 Å². The fraction of sp³-hybridized carbons (Fsp3) is 0.211. The van der Waals surface area contributed by atoms with E-state index >= 15 is 0 Å². The summed E-state index contributed by atoms with van der Waals surface area (Å²) in [6.07, 6.45) is 0.383. The number of nitrogens with zero attached hydrogens (tertiary/aromatic N) is 4. The van der Waals surface area contributed by atoms with Crippen molar-refractivity contribution in [3.8, 4) is 17.1 Å². The lowest BCUT2D eigenvalue weighted by molar-refractivity contribution is -0.136. The number of carbonyl (C=O) groups is 2. The summed E-state index contributed by atoms with van der Waals surface area (Å²) in [6, 6.07) is 14.6. The van der Waals surface area contributed by atoms with E-state index in [0.29, 0.717) is 17.3 Å². The molecule has 1 aliphatic rings. The second-order valence-corrected chi connectivity index (χ2v) is 6.35. The highest BCUT2D eigenvalue weighted by molar-refractivity contribution is 5.92. The number of hydrogen-bond acceptors (Lipinski definition) is 6. The van der Waals surface area contributed by atoms with Crippen molar-refractivity contribution >= 4 is 17.6 Å². The van der Waals surface area contributed by atoms with Gasteiger partial charge in [-0.1, -0.05) is 30.3 Å². The van der Waals surface area contributed by atoms with Gasteiger partial charge >= 0.3 is 5.97 Å². The number of hydrogen-bond donors (Lipinski definition) is 1. The number of nitrogens with one attached hydrogen (secondary N) is 1. The van der Waals surface area contributed by atoms with E-state index in [1.807, 2.05) is 24.3 Å². The first-order chi connectivity index (χ1) is 13.1. The van der Waals surface area contributed by atoms with E-state index < -0.39 is 0 Å². The Bertz CT molecular complexity index is 1010. The van der Waals surface area contributed by atoms with Gasteiger partial charge in [0.05, 0.1) is 13.5 Å². The molecule has 1 atom stereocenters. The van der Waals surface area contributed by atoms with Gasteiger partial charge in [0.1, 0.15) is 5.75 Å². The number of ether oxygens (including phenoxy) is 1. The number of aromatic nitrogens is 4. The van der Waals surface area contributed by atoms with Crippen molar-refractivity contribution in [2.75, 3.05) is 5.32 Å². The van der Waals surface area contributed by atoms with Crippen LogP contribution in [0.1, 0.15) is 24.3 Å². The second kappa shape index (κ2) is 6.99. The largest absolute Gasteiger partial charge is 0.426 e. The zero-order chi connectivity index (χ0) is 18.8. The molecule has 1 amide bonds. The molecule has 8 heteroatoms. The quantitative estimate of drug-likeness (QED) is 0.564. The van der Waals surface area contributed by atoms with Crippen molar-refractivity contribution in [2.24, 2.45) is 7.05 Å². The van der Waals surface area contributed by atoms with Gasteiger partial charge in [0.2, 0.25) is 11.7 Å². The number of carbonyl (C=O) groups excluding carboxylic acids is 2. The maximum Gasteiger partial charge on any atom is 0.311 e. The van der Waals surface area contributed by atoms with E-state index in [-0.39, 0.29) is 30.6 Å². The highest BCUT2D eigenvalue weighted by atomic mass is 16.5. The predicted octanol–water partition coefficient (Wildman–Crippen LogP) is 2.30. The molecule has 27 heavy (non-hydrogen) atoms. The first-order valence-corrected chi connectivity index (χ1v) is 8.52. The normalized spacial score (nSPS) is 15.7. The first-order valence-electron chi connectivity index (χ1n) is 8.52. The van der Waals surface area contributed by atoms with Gasteiger partial charge in [-0.25, -0.2) is 0 Å². The minimum Gasteiger partial charge on any atom is -0.426 e. The zero-order valence-corrected chi connectivity index (χ0v) is 14.6. The third kappa shape index (κ3) is 3.69. The van der Waals surface area contributed by atoms with Crippen LogP contribution in [-0.2, 0) is 16.6 Å². The molecule has 1 N–H and O–H groups in total. The predicted molar refractivity (Wildman–Crippen MR) is 96.9 cm³/mol. The standard InChI is InChI=1S/C19H17N5O3/c1-24-22-19(21-23-24)12-5-4-6-14(9-12)20-17(25)10-13-11-18(26)27-16-8-3-2-7-15(13)16/h2-9,13H,10-11H2,1H3,(H,20,25)/t13-/m0/s1. The molecular weight excluding hydrogens is 346 g/mol. The van der Waals surface area contributed by atoms with E-state index in [9.17, 15) is 9.59 Å². The maximum absolute atomic E-state index is 12.5. The van der Waals surface area contributed by atoms with E-state index in [2.05, 4.69) is 20.7 Å². The maximum atomic E-state index is 12.5. The van der Waals surface area contributed by atoms with Gasteiger partial charge in [-0.3, -0.25) is 9.59 Å². The van der Waals surface area contributed by atoms with Crippen molar-refractivity contribution in [1.82, 2.24) is 20.2 Å². The van der Waals surface area contributed by atoms with Crippen molar-refractivity contribution in [1.29, 1.82) is 0 Å². The van der Waals surface area contributed by atoms with Gasteiger partial charge in [-0.05, 0) is 29.0 Å². The van der Waals surface area contributed by atoms with Crippen LogP contribution in [0, 0.1) is 0 Å². The lowest BCUT2D eigenvalue weighted by Gasteiger charge is -2.23. The van der Waals surface area contributed by atoms with E-state index in [1.165, 1.54) is 4.80 Å². The van der Waals surface area contributed by atoms with Gasteiger partial charge in [-0.2, -0.15) is 4.80 Å². The SMILES string of the molecule is Cn1nnc(-c2cccc(NC(=O)C[C@H]3CC(=O)Oc4ccccc43)c2)n1. The summed E-state index contributed by atoms with van der Waals surface area (Å²) < 4.78 is 5.24. The Hall–Kier alpha value is -3.55. The molecule has 0 saturated carbocycles. The average Bonchev–Trinajstić information content (AvgIpc) is 3.08. The Labute approximate surface area is 155 Å². The molecule has 3 aromatic rings. The number of anilines is 1. The summed E-state index contributed by atoms with van der Waals surface area (Å²) in [7, 11) is 1.69. The van der Waals surface area contributed by atoms with Crippen LogP contribution in [0.4, 0.5) is 5.69 Å². The summed E-state index contributed by atoms with van der Waals surface area (Å²) >= 11 is 0. The Morgan fingerprint density at radius 2 is 2.11 bits per heavy atom. The minimum atomic E-state index is -0.317. The lowest BCUT2D eigenvalue weighted by Crippen LogP contribution is -2.24. The highest BCUT2D eigenvalue weighted by Crippen LogP contribution is 2.36. The summed E-state index contributed by atoms with van der Waals surface area (Å²) in [5.41, 5.74) is 2.27. The smallest absolute Gasteiger partial charge is 0.311 e. The minimum absolute atomic E-state index is 0.172. The monoisotopic (exact) mass is 363 g/mol. The third-order valence-corrected chi connectivity index (χ3v) is 4.34. The summed E-state index contributed by atoms with van der Waals surface area (Å²) in [5.74, 6) is 0.322. The van der Waals surface area contributed by atoms with E-state index in [4.69, 9.17) is 4.74 Å². The average molecular weight is 363 g/mol. The molecule has 0 saturated heterocycles. The van der Waals surface area contributed by atoms with Gasteiger partial charge in [0.15, 0.2) is 0 Å². The molecular formula is C19H17N5O3. The summed E-state index contributed by atoms with van der Waals surface area (Å²) in [6.45, 7) is 0. The Kier molecular flexibility index (Phi) is 4.37. The molecule has 2 heterocycles. The van der Waals surface area contributed by atoms with Crippen LogP contribution in [0.25, 0.3) is 11.4 Å². The van der Waals surface area contributed by atoms with Crippen molar-refractivity contribution in [3.63, 3.8) is 0 Å². The number of aryl methyl sites for hydroxylation is 1. The molecule has 0 bridgehead atoms. The molecule has 1 aliphatic heterocycles. The van der Waals surface area contributed by atoms with Gasteiger partial charge in [-0.15, -0.1) is 10.2 Å². The highest BCUT2D eigenvalue weighted by Gasteiger charge is 2.28. The lowest BCUT2D eigenvalue weighted by atomic mass is 9.89. The van der Waals surface area contributed by atoms with E-state index in [0.717, 1.165) is 11.1 Å². The Morgan fingerprint density at radius 3 is 2.93 bits per heavy atom. The Balaban J connectivity index is 1.48. The fourth-order valence-electron chi connectivity index (χ4n) is 3.14. The number of rotatable bonds is 4. The molecule has 0 aliphatic carbocycles. The number of tetrazole rings is 1. The van der Waals surface area contributed by atoms with Crippen molar-refractivity contribution in [3.05, 3.63) is 54.1 Å². The molecule has 8 nitrogen and oxygen atoms in total. The molecule has 1 aromatic heterocycles. The first kappa shape index (κ1) is 16.9. The van der Waals surface area contributed by atoms with Crippen LogP contribution in [0.15, 0.2) is 48.5 Å². The molecule has 0 radical (unpaired) electrons. The summed E-state index contributed by atoms with van der Waals surface area (Å²) in [4.78, 5) is 25.7. The molecule has 4 rings (SSSR count). The van der Waals surface area contributed by atoms with Crippen molar-refractivity contribution in [2.45, 2.75) is 18.8 Å². The molecule has 136 valence electrons. The number of esters is 1.